The fourth-order valence-electron chi connectivity index (χ4n) is 4.88. The number of thioether (sulfide) groups is 1. The molecule has 5 rings (SSSR count). The van der Waals surface area contributed by atoms with Crippen LogP contribution in [0.5, 0.6) is 0 Å². The molecule has 1 amide bonds. The molecule has 2 unspecified atom stereocenters. The van der Waals surface area contributed by atoms with Gasteiger partial charge in [-0.3, -0.25) is 4.79 Å². The Morgan fingerprint density at radius 1 is 1.23 bits per heavy atom. The molecule has 2 atom stereocenters. The van der Waals surface area contributed by atoms with Gasteiger partial charge in [0.15, 0.2) is 0 Å². The van der Waals surface area contributed by atoms with E-state index in [2.05, 4.69) is 16.5 Å². The number of piperidine rings is 1. The van der Waals surface area contributed by atoms with Gasteiger partial charge >= 0.3 is 0 Å². The normalized spacial score (nSPS) is 25.0. The van der Waals surface area contributed by atoms with E-state index in [4.69, 9.17) is 0 Å². The lowest BCUT2D eigenvalue weighted by atomic mass is 10.00. The van der Waals surface area contributed by atoms with Crippen LogP contribution >= 0.6 is 11.8 Å². The molecule has 162 valence electrons. The third kappa shape index (κ3) is 3.78. The molecule has 0 aromatic heterocycles. The molecule has 3 aliphatic rings. The summed E-state index contributed by atoms with van der Waals surface area (Å²) in [7, 11) is 0. The van der Waals surface area contributed by atoms with E-state index in [1.54, 1.807) is 5.01 Å². The molecule has 1 saturated heterocycles. The molecular weight excluding hydrogens is 416 g/mol. The summed E-state index contributed by atoms with van der Waals surface area (Å²) < 4.78 is 28.4. The first-order valence-corrected chi connectivity index (χ1v) is 11.8. The second kappa shape index (κ2) is 8.36. The topological polar surface area (TPSA) is 44.7 Å². The van der Waals surface area contributed by atoms with Crippen LogP contribution in [0.1, 0.15) is 55.2 Å². The van der Waals surface area contributed by atoms with Crippen LogP contribution in [0.2, 0.25) is 0 Å². The summed E-state index contributed by atoms with van der Waals surface area (Å²) in [6.45, 7) is 0.997. The van der Waals surface area contributed by atoms with Crippen molar-refractivity contribution in [1.29, 1.82) is 0 Å². The molecule has 4 nitrogen and oxygen atoms in total. The number of rotatable bonds is 4. The van der Waals surface area contributed by atoms with Gasteiger partial charge in [0, 0.05) is 18.0 Å². The maximum atomic E-state index is 14.5. The third-order valence-electron chi connectivity index (χ3n) is 6.48. The summed E-state index contributed by atoms with van der Waals surface area (Å²) in [6, 6.07) is 11.8. The first kappa shape index (κ1) is 20.6. The van der Waals surface area contributed by atoms with Crippen molar-refractivity contribution in [2.45, 2.75) is 55.9 Å². The minimum atomic E-state index is -0.693. The highest BCUT2D eigenvalue weighted by Crippen LogP contribution is 2.55. The van der Waals surface area contributed by atoms with E-state index in [1.807, 2.05) is 18.2 Å². The first-order chi connectivity index (χ1) is 15.1. The Balaban J connectivity index is 1.47. The summed E-state index contributed by atoms with van der Waals surface area (Å²) in [6.07, 6.45) is 6.12. The molecule has 31 heavy (non-hydrogen) atoms. The predicted octanol–water partition coefficient (Wildman–Crippen LogP) is 4.92. The van der Waals surface area contributed by atoms with E-state index in [-0.39, 0.29) is 11.5 Å². The van der Waals surface area contributed by atoms with E-state index in [1.165, 1.54) is 30.2 Å². The van der Waals surface area contributed by atoms with Crippen molar-refractivity contribution in [1.82, 2.24) is 10.3 Å². The molecule has 1 N–H and O–H groups in total. The van der Waals surface area contributed by atoms with Crippen molar-refractivity contribution in [3.63, 3.8) is 0 Å². The van der Waals surface area contributed by atoms with Crippen LogP contribution in [0.25, 0.3) is 0 Å². The average molecular weight is 442 g/mol. The van der Waals surface area contributed by atoms with Crippen LogP contribution in [0, 0.1) is 11.6 Å². The van der Waals surface area contributed by atoms with E-state index in [9.17, 15) is 13.6 Å². The molecule has 2 heterocycles. The fourth-order valence-corrected chi connectivity index (χ4v) is 6.33. The van der Waals surface area contributed by atoms with Crippen molar-refractivity contribution in [3.05, 3.63) is 70.8 Å². The van der Waals surface area contributed by atoms with Gasteiger partial charge in [-0.2, -0.15) is 5.10 Å². The summed E-state index contributed by atoms with van der Waals surface area (Å²) in [5.41, 5.74) is 2.33. The van der Waals surface area contributed by atoms with Crippen LogP contribution in [0.15, 0.2) is 47.6 Å². The number of carbonyl (C=O) groups is 1. The second-order valence-corrected chi connectivity index (χ2v) is 9.73. The number of hydrogen-bond donors (Lipinski definition) is 1. The Labute approximate surface area is 185 Å². The van der Waals surface area contributed by atoms with Crippen LogP contribution in [-0.2, 0) is 16.1 Å². The summed E-state index contributed by atoms with van der Waals surface area (Å²) in [5, 5.41) is 10.0. The van der Waals surface area contributed by atoms with Gasteiger partial charge in [-0.1, -0.05) is 42.4 Å². The van der Waals surface area contributed by atoms with Crippen molar-refractivity contribution in [2.24, 2.45) is 5.10 Å². The fraction of sp³-hybridized carbons (Fsp3) is 0.417. The van der Waals surface area contributed by atoms with Gasteiger partial charge in [0.05, 0.1) is 0 Å². The maximum absolute atomic E-state index is 14.5. The molecule has 0 radical (unpaired) electrons. The lowest BCUT2D eigenvalue weighted by Gasteiger charge is -2.33. The highest BCUT2D eigenvalue weighted by atomic mass is 32.2. The number of amides is 1. The van der Waals surface area contributed by atoms with E-state index >= 15 is 0 Å². The van der Waals surface area contributed by atoms with Crippen molar-refractivity contribution >= 4 is 22.7 Å². The molecule has 7 heteroatoms. The minimum absolute atomic E-state index is 0.0663. The highest BCUT2D eigenvalue weighted by Gasteiger charge is 2.52. The average Bonchev–Trinajstić information content (AvgIpc) is 3.37. The number of halogens is 2. The molecule has 2 aromatic carbocycles. The van der Waals surface area contributed by atoms with Crippen LogP contribution in [0.4, 0.5) is 8.78 Å². The smallest absolute Gasteiger partial charge is 0.244 e. The van der Waals surface area contributed by atoms with E-state index in [0.717, 1.165) is 49.6 Å². The highest BCUT2D eigenvalue weighted by molar-refractivity contribution is 8.15. The van der Waals surface area contributed by atoms with Crippen molar-refractivity contribution < 1.29 is 13.6 Å². The molecule has 1 aliphatic carbocycles. The number of nitrogens with zero attached hydrogens (tertiary/aromatic N) is 2. The summed E-state index contributed by atoms with van der Waals surface area (Å²) in [4.78, 5) is 12.7. The maximum Gasteiger partial charge on any atom is 0.244 e. The van der Waals surface area contributed by atoms with Gasteiger partial charge in [-0.05, 0) is 68.0 Å². The van der Waals surface area contributed by atoms with Gasteiger partial charge in [0.1, 0.15) is 21.5 Å². The van der Waals surface area contributed by atoms with Gasteiger partial charge in [-0.15, -0.1) is 0 Å². The molecule has 2 aliphatic heterocycles. The third-order valence-corrected chi connectivity index (χ3v) is 7.91. The molecule has 1 spiro atoms. The van der Waals surface area contributed by atoms with Crippen LogP contribution in [0.3, 0.4) is 0 Å². The Morgan fingerprint density at radius 2 is 2.10 bits per heavy atom. The number of hydrazone groups is 1. The van der Waals surface area contributed by atoms with Gasteiger partial charge in [0.25, 0.3) is 0 Å². The molecular formula is C24H25F2N3OS. The first-order valence-electron chi connectivity index (χ1n) is 10.9. The van der Waals surface area contributed by atoms with Gasteiger partial charge in [0.2, 0.25) is 5.91 Å². The summed E-state index contributed by atoms with van der Waals surface area (Å²) in [5.74, 6) is -1.12. The Kier molecular flexibility index (Phi) is 5.56. The molecule has 0 saturated carbocycles. The zero-order chi connectivity index (χ0) is 21.4. The molecule has 2 aromatic rings. The Bertz CT molecular complexity index is 1040. The zero-order valence-electron chi connectivity index (χ0n) is 17.2. The minimum Gasteiger partial charge on any atom is -0.314 e. The molecule has 0 bridgehead atoms. The number of nitrogens with one attached hydrogen (secondary N) is 1. The van der Waals surface area contributed by atoms with Crippen molar-refractivity contribution in [2.75, 3.05) is 6.54 Å². The lowest BCUT2D eigenvalue weighted by molar-refractivity contribution is -0.134. The lowest BCUT2D eigenvalue weighted by Crippen LogP contribution is -2.41. The summed E-state index contributed by atoms with van der Waals surface area (Å²) >= 11 is 1.37. The number of hydrogen-bond acceptors (Lipinski definition) is 4. The van der Waals surface area contributed by atoms with Crippen LogP contribution in [-0.4, -0.2) is 28.5 Å². The largest absolute Gasteiger partial charge is 0.314 e. The van der Waals surface area contributed by atoms with Crippen LogP contribution < -0.4 is 5.32 Å². The number of benzene rings is 2. The monoisotopic (exact) mass is 441 g/mol. The Morgan fingerprint density at radius 3 is 2.94 bits per heavy atom. The quantitative estimate of drug-likeness (QED) is 0.732. The standard InChI is InChI=1S/C24H25F2N3OS/c25-17-8-10-21(26)19(15-17)23-28-29(22(30)11-9-18-6-3-4-14-27-18)24(31-23)13-12-16-5-1-2-7-20(16)24/h1-2,5,7-8,10,15,18,27H,3-4,6,9,11-14H2. The number of fused-ring (bicyclic) bond motifs is 2. The second-order valence-electron chi connectivity index (χ2n) is 8.46. The predicted molar refractivity (Wildman–Crippen MR) is 119 cm³/mol. The SMILES string of the molecule is O=C(CCC1CCCCN1)N1N=C(c2cc(F)ccc2F)SC12CCc1ccccc12. The van der Waals surface area contributed by atoms with E-state index in [0.29, 0.717) is 23.9 Å². The van der Waals surface area contributed by atoms with Gasteiger partial charge < -0.3 is 5.32 Å². The van der Waals surface area contributed by atoms with Crippen molar-refractivity contribution in [3.8, 4) is 0 Å². The van der Waals surface area contributed by atoms with Gasteiger partial charge in [-0.25, -0.2) is 13.8 Å². The Hall–Kier alpha value is -2.25. The van der Waals surface area contributed by atoms with E-state index < -0.39 is 16.5 Å². The molecule has 1 fully saturated rings. The number of carbonyl (C=O) groups excluding carboxylic acids is 1. The zero-order valence-corrected chi connectivity index (χ0v) is 18.1. The number of aryl methyl sites for hydroxylation is 1.